The molecule has 3 aromatic rings. The molecule has 7 heteroatoms. The van der Waals surface area contributed by atoms with E-state index in [4.69, 9.17) is 4.74 Å². The molecule has 5 nitrogen and oxygen atoms in total. The number of fused-ring (bicyclic) bond motifs is 3. The second kappa shape index (κ2) is 4.83. The zero-order valence-corrected chi connectivity index (χ0v) is 12.3. The summed E-state index contributed by atoms with van der Waals surface area (Å²) >= 11 is 3.06. The Hall–Kier alpha value is -1.44. The molecule has 20 heavy (non-hydrogen) atoms. The summed E-state index contributed by atoms with van der Waals surface area (Å²) in [6.45, 7) is 1.46. The summed E-state index contributed by atoms with van der Waals surface area (Å²) in [6, 6.07) is 2.16. The molecule has 4 rings (SSSR count). The Morgan fingerprint density at radius 3 is 3.15 bits per heavy atom. The molecule has 0 aliphatic carbocycles. The number of ether oxygens (including phenoxy) is 1. The van der Waals surface area contributed by atoms with Gasteiger partial charge in [0.2, 0.25) is 0 Å². The van der Waals surface area contributed by atoms with E-state index in [2.05, 4.69) is 10.3 Å². The number of rotatable bonds is 2. The highest BCUT2D eigenvalue weighted by Crippen LogP contribution is 2.28. The van der Waals surface area contributed by atoms with Crippen LogP contribution in [-0.4, -0.2) is 34.5 Å². The van der Waals surface area contributed by atoms with E-state index in [0.29, 0.717) is 0 Å². The smallest absolute Gasteiger partial charge is 0.261 e. The van der Waals surface area contributed by atoms with Crippen molar-refractivity contribution in [3.63, 3.8) is 0 Å². The van der Waals surface area contributed by atoms with Crippen molar-refractivity contribution in [1.82, 2.24) is 14.7 Å². The minimum absolute atomic E-state index is 0.00359. The summed E-state index contributed by atoms with van der Waals surface area (Å²) in [7, 11) is 0. The lowest BCUT2D eigenvalue weighted by atomic mass is 10.1. The molecule has 1 fully saturated rings. The first kappa shape index (κ1) is 12.3. The maximum absolute atomic E-state index is 12.3. The number of carbonyl (C=O) groups is 1. The molecule has 0 radical (unpaired) electrons. The van der Waals surface area contributed by atoms with Crippen LogP contribution in [0.2, 0.25) is 0 Å². The molecular weight excluding hydrogens is 294 g/mol. The fourth-order valence-corrected chi connectivity index (χ4v) is 4.16. The summed E-state index contributed by atoms with van der Waals surface area (Å²) in [4.78, 5) is 19.4. The normalized spacial score (nSPS) is 17.0. The van der Waals surface area contributed by atoms with Crippen LogP contribution in [0.3, 0.4) is 0 Å². The number of thiophene rings is 1. The van der Waals surface area contributed by atoms with Gasteiger partial charge >= 0.3 is 0 Å². The third-order valence-corrected chi connectivity index (χ3v) is 5.29. The van der Waals surface area contributed by atoms with Gasteiger partial charge in [0, 0.05) is 30.8 Å². The standard InChI is InChI=1S/C13H13N3O2S2/c17-11(14-8-1-4-18-5-2-8)10-7-9-12(20-10)15-13-16(9)3-6-19-13/h3,6-8H,1-2,4-5H2,(H,14,17). The van der Waals surface area contributed by atoms with E-state index in [0.717, 1.165) is 46.2 Å². The van der Waals surface area contributed by atoms with Crippen molar-refractivity contribution in [1.29, 1.82) is 0 Å². The number of hydrogen-bond acceptors (Lipinski definition) is 5. The van der Waals surface area contributed by atoms with Crippen LogP contribution in [-0.2, 0) is 4.74 Å². The largest absolute Gasteiger partial charge is 0.381 e. The highest BCUT2D eigenvalue weighted by Gasteiger charge is 2.19. The first-order valence-electron chi connectivity index (χ1n) is 6.55. The third kappa shape index (κ3) is 2.02. The van der Waals surface area contributed by atoms with Gasteiger partial charge in [-0.3, -0.25) is 9.20 Å². The highest BCUT2D eigenvalue weighted by molar-refractivity contribution is 7.21. The number of hydrogen-bond donors (Lipinski definition) is 1. The van der Waals surface area contributed by atoms with Crippen molar-refractivity contribution in [2.24, 2.45) is 0 Å². The summed E-state index contributed by atoms with van der Waals surface area (Å²) in [5, 5.41) is 5.09. The molecule has 0 spiro atoms. The Bertz CT molecular complexity index is 767. The van der Waals surface area contributed by atoms with Gasteiger partial charge < -0.3 is 10.1 Å². The van der Waals surface area contributed by atoms with Gasteiger partial charge in [0.15, 0.2) is 4.96 Å². The van der Waals surface area contributed by atoms with Crippen LogP contribution in [0.25, 0.3) is 15.3 Å². The number of nitrogens with zero attached hydrogens (tertiary/aromatic N) is 2. The average molecular weight is 307 g/mol. The molecule has 1 aliphatic rings. The van der Waals surface area contributed by atoms with Gasteiger partial charge in [-0.2, -0.15) is 0 Å². The van der Waals surface area contributed by atoms with Crippen molar-refractivity contribution in [3.05, 3.63) is 22.5 Å². The van der Waals surface area contributed by atoms with Gasteiger partial charge in [0.1, 0.15) is 4.83 Å². The van der Waals surface area contributed by atoms with Gasteiger partial charge in [-0.25, -0.2) is 4.98 Å². The third-order valence-electron chi connectivity index (χ3n) is 3.52. The average Bonchev–Trinajstić information content (AvgIpc) is 3.10. The molecule has 1 aliphatic heterocycles. The van der Waals surface area contributed by atoms with Gasteiger partial charge in [0.05, 0.1) is 10.4 Å². The molecule has 1 amide bonds. The summed E-state index contributed by atoms with van der Waals surface area (Å²) in [5.74, 6) is 0.00359. The first-order valence-corrected chi connectivity index (χ1v) is 8.24. The van der Waals surface area contributed by atoms with Crippen LogP contribution >= 0.6 is 22.7 Å². The molecule has 0 atom stereocenters. The van der Waals surface area contributed by atoms with Crippen molar-refractivity contribution in [2.45, 2.75) is 18.9 Å². The summed E-state index contributed by atoms with van der Waals surface area (Å²) in [6.07, 6.45) is 3.78. The fourth-order valence-electron chi connectivity index (χ4n) is 2.46. The van der Waals surface area contributed by atoms with E-state index < -0.39 is 0 Å². The topological polar surface area (TPSA) is 55.6 Å². The Morgan fingerprint density at radius 1 is 1.45 bits per heavy atom. The van der Waals surface area contributed by atoms with E-state index in [1.807, 2.05) is 22.0 Å². The van der Waals surface area contributed by atoms with Gasteiger partial charge in [-0.15, -0.1) is 22.7 Å². The van der Waals surface area contributed by atoms with E-state index in [1.165, 1.54) is 11.3 Å². The number of nitrogens with one attached hydrogen (secondary N) is 1. The maximum atomic E-state index is 12.3. The molecule has 0 saturated carbocycles. The first-order chi connectivity index (χ1) is 9.81. The fraction of sp³-hybridized carbons (Fsp3) is 0.385. The SMILES string of the molecule is O=C(NC1CCOCC1)c1cc2c(nc3sccn32)s1. The Kier molecular flexibility index (Phi) is 2.98. The molecule has 1 saturated heterocycles. The van der Waals surface area contributed by atoms with Crippen molar-refractivity contribution < 1.29 is 9.53 Å². The Labute approximate surface area is 123 Å². The van der Waals surface area contributed by atoms with Crippen molar-refractivity contribution >= 4 is 43.9 Å². The molecule has 3 aromatic heterocycles. The lowest BCUT2D eigenvalue weighted by Crippen LogP contribution is -2.38. The number of amides is 1. The predicted molar refractivity (Wildman–Crippen MR) is 79.8 cm³/mol. The number of carbonyl (C=O) groups excluding carboxylic acids is 1. The molecule has 0 unspecified atom stereocenters. The van der Waals surface area contributed by atoms with Gasteiger partial charge in [0.25, 0.3) is 5.91 Å². The lowest BCUT2D eigenvalue weighted by Gasteiger charge is -2.22. The van der Waals surface area contributed by atoms with Crippen LogP contribution < -0.4 is 5.32 Å². The zero-order chi connectivity index (χ0) is 13.5. The van der Waals surface area contributed by atoms with Crippen LogP contribution in [0.15, 0.2) is 17.6 Å². The Balaban J connectivity index is 1.60. The zero-order valence-electron chi connectivity index (χ0n) is 10.7. The van der Waals surface area contributed by atoms with Gasteiger partial charge in [-0.1, -0.05) is 0 Å². The van der Waals surface area contributed by atoms with Crippen LogP contribution in [0.1, 0.15) is 22.5 Å². The second-order valence-electron chi connectivity index (χ2n) is 4.83. The molecule has 1 N–H and O–H groups in total. The molecule has 0 aromatic carbocycles. The van der Waals surface area contributed by atoms with Crippen molar-refractivity contribution in [3.8, 4) is 0 Å². The van der Waals surface area contributed by atoms with Crippen LogP contribution in [0.4, 0.5) is 0 Å². The predicted octanol–water partition coefficient (Wildman–Crippen LogP) is 2.52. The maximum Gasteiger partial charge on any atom is 0.261 e. The monoisotopic (exact) mass is 307 g/mol. The van der Waals surface area contributed by atoms with E-state index in [-0.39, 0.29) is 11.9 Å². The number of thiazole rings is 1. The van der Waals surface area contributed by atoms with E-state index >= 15 is 0 Å². The minimum atomic E-state index is 0.00359. The van der Waals surface area contributed by atoms with Crippen molar-refractivity contribution in [2.75, 3.05) is 13.2 Å². The lowest BCUT2D eigenvalue weighted by molar-refractivity contribution is 0.0698. The summed E-state index contributed by atoms with van der Waals surface area (Å²) < 4.78 is 7.33. The number of imidazole rings is 1. The summed E-state index contributed by atoms with van der Waals surface area (Å²) in [5.41, 5.74) is 1.02. The van der Waals surface area contributed by atoms with E-state index in [9.17, 15) is 4.79 Å². The van der Waals surface area contributed by atoms with Gasteiger partial charge in [-0.05, 0) is 18.9 Å². The minimum Gasteiger partial charge on any atom is -0.381 e. The van der Waals surface area contributed by atoms with Crippen LogP contribution in [0, 0.1) is 0 Å². The molecule has 0 bridgehead atoms. The van der Waals surface area contributed by atoms with Crippen LogP contribution in [0.5, 0.6) is 0 Å². The molecule has 104 valence electrons. The Morgan fingerprint density at radius 2 is 2.30 bits per heavy atom. The molecule has 4 heterocycles. The quantitative estimate of drug-likeness (QED) is 0.791. The second-order valence-corrected chi connectivity index (χ2v) is 6.73. The van der Waals surface area contributed by atoms with E-state index in [1.54, 1.807) is 11.3 Å². The highest BCUT2D eigenvalue weighted by atomic mass is 32.1. The number of aromatic nitrogens is 2. The molecular formula is C13H13N3O2S2.